The Labute approximate surface area is 115 Å². The van der Waals surface area contributed by atoms with Crippen molar-refractivity contribution in [3.05, 3.63) is 48.2 Å². The third-order valence-electron chi connectivity index (χ3n) is 3.18. The zero-order valence-electron chi connectivity index (χ0n) is 10.9. The molecule has 0 bridgehead atoms. The van der Waals surface area contributed by atoms with Gasteiger partial charge in [-0.1, -0.05) is 30.3 Å². The van der Waals surface area contributed by atoms with Gasteiger partial charge in [-0.25, -0.2) is 14.8 Å². The SMILES string of the molecule is CCn1c(-c2ccccc2)nc2cc(C(=O)O)cnc21. The van der Waals surface area contributed by atoms with Gasteiger partial charge in [0.1, 0.15) is 11.3 Å². The summed E-state index contributed by atoms with van der Waals surface area (Å²) in [5.74, 6) is -0.190. The lowest BCUT2D eigenvalue weighted by Gasteiger charge is -2.04. The molecule has 2 aromatic heterocycles. The molecule has 2 heterocycles. The monoisotopic (exact) mass is 267 g/mol. The molecule has 0 aliphatic carbocycles. The summed E-state index contributed by atoms with van der Waals surface area (Å²) >= 11 is 0. The topological polar surface area (TPSA) is 68.0 Å². The van der Waals surface area contributed by atoms with E-state index >= 15 is 0 Å². The van der Waals surface area contributed by atoms with Crippen molar-refractivity contribution in [3.63, 3.8) is 0 Å². The van der Waals surface area contributed by atoms with Gasteiger partial charge in [0.15, 0.2) is 5.65 Å². The van der Waals surface area contributed by atoms with Crippen molar-refractivity contribution in [1.82, 2.24) is 14.5 Å². The van der Waals surface area contributed by atoms with Gasteiger partial charge in [-0.3, -0.25) is 0 Å². The Hall–Kier alpha value is -2.69. The second-order valence-corrected chi connectivity index (χ2v) is 4.42. The molecule has 100 valence electrons. The van der Waals surface area contributed by atoms with Crippen LogP contribution in [0.1, 0.15) is 17.3 Å². The van der Waals surface area contributed by atoms with Crippen molar-refractivity contribution in [2.24, 2.45) is 0 Å². The number of nitrogens with zero attached hydrogens (tertiary/aromatic N) is 3. The van der Waals surface area contributed by atoms with Gasteiger partial charge in [0.25, 0.3) is 0 Å². The molecule has 20 heavy (non-hydrogen) atoms. The molecule has 5 nitrogen and oxygen atoms in total. The molecule has 0 aliphatic rings. The number of aromatic nitrogens is 3. The Balaban J connectivity index is 2.25. The van der Waals surface area contributed by atoms with E-state index in [9.17, 15) is 4.79 Å². The molecule has 1 aromatic carbocycles. The molecule has 0 fully saturated rings. The van der Waals surface area contributed by atoms with Gasteiger partial charge in [0, 0.05) is 18.3 Å². The minimum atomic E-state index is -0.994. The largest absolute Gasteiger partial charge is 0.478 e. The highest BCUT2D eigenvalue weighted by Crippen LogP contribution is 2.23. The van der Waals surface area contributed by atoms with Crippen molar-refractivity contribution in [1.29, 1.82) is 0 Å². The van der Waals surface area contributed by atoms with Crippen molar-refractivity contribution in [2.75, 3.05) is 0 Å². The highest BCUT2D eigenvalue weighted by atomic mass is 16.4. The second-order valence-electron chi connectivity index (χ2n) is 4.42. The molecule has 1 N–H and O–H groups in total. The third-order valence-corrected chi connectivity index (χ3v) is 3.18. The van der Waals surface area contributed by atoms with E-state index in [2.05, 4.69) is 9.97 Å². The first-order valence-corrected chi connectivity index (χ1v) is 6.35. The summed E-state index contributed by atoms with van der Waals surface area (Å²) in [6.07, 6.45) is 1.37. The lowest BCUT2D eigenvalue weighted by Crippen LogP contribution is -2.00. The van der Waals surface area contributed by atoms with E-state index in [1.807, 2.05) is 41.8 Å². The van der Waals surface area contributed by atoms with Crippen molar-refractivity contribution >= 4 is 17.1 Å². The smallest absolute Gasteiger partial charge is 0.337 e. The van der Waals surface area contributed by atoms with E-state index in [0.29, 0.717) is 11.2 Å². The Morgan fingerprint density at radius 2 is 2.05 bits per heavy atom. The van der Waals surface area contributed by atoms with Gasteiger partial charge in [-0.05, 0) is 13.0 Å². The molecular weight excluding hydrogens is 254 g/mol. The summed E-state index contributed by atoms with van der Waals surface area (Å²) in [4.78, 5) is 19.8. The molecule has 0 saturated carbocycles. The number of rotatable bonds is 3. The zero-order valence-corrected chi connectivity index (χ0v) is 10.9. The predicted octanol–water partition coefficient (Wildman–Crippen LogP) is 2.82. The van der Waals surface area contributed by atoms with Crippen molar-refractivity contribution in [2.45, 2.75) is 13.5 Å². The molecule has 0 spiro atoms. The number of hydrogen-bond donors (Lipinski definition) is 1. The van der Waals surface area contributed by atoms with Gasteiger partial charge in [0.2, 0.25) is 0 Å². The fourth-order valence-electron chi connectivity index (χ4n) is 2.24. The number of aryl methyl sites for hydroxylation is 1. The zero-order chi connectivity index (χ0) is 14.1. The van der Waals surface area contributed by atoms with Crippen LogP contribution in [0.25, 0.3) is 22.6 Å². The molecule has 0 saturated heterocycles. The van der Waals surface area contributed by atoms with E-state index in [0.717, 1.165) is 17.9 Å². The Kier molecular flexibility index (Phi) is 2.95. The number of pyridine rings is 1. The first kappa shape index (κ1) is 12.3. The molecular formula is C15H13N3O2. The molecule has 5 heteroatoms. The molecule has 0 amide bonds. The summed E-state index contributed by atoms with van der Waals surface area (Å²) in [6.45, 7) is 2.74. The van der Waals surface area contributed by atoms with Crippen LogP contribution < -0.4 is 0 Å². The highest BCUT2D eigenvalue weighted by Gasteiger charge is 2.14. The number of fused-ring (bicyclic) bond motifs is 1. The Bertz CT molecular complexity index is 778. The number of benzene rings is 1. The Morgan fingerprint density at radius 3 is 2.70 bits per heavy atom. The van der Waals surface area contributed by atoms with Crippen molar-refractivity contribution < 1.29 is 9.90 Å². The molecule has 0 radical (unpaired) electrons. The molecule has 3 rings (SSSR count). The van der Waals surface area contributed by atoms with Crippen LogP contribution in [0.4, 0.5) is 0 Å². The average molecular weight is 267 g/mol. The number of hydrogen-bond acceptors (Lipinski definition) is 3. The van der Waals surface area contributed by atoms with Gasteiger partial charge < -0.3 is 9.67 Å². The quantitative estimate of drug-likeness (QED) is 0.792. The minimum absolute atomic E-state index is 0.151. The van der Waals surface area contributed by atoms with Crippen LogP contribution in [-0.2, 0) is 6.54 Å². The average Bonchev–Trinajstić information content (AvgIpc) is 2.85. The summed E-state index contributed by atoms with van der Waals surface area (Å²) in [7, 11) is 0. The van der Waals surface area contributed by atoms with Crippen LogP contribution in [0.5, 0.6) is 0 Å². The normalized spacial score (nSPS) is 10.8. The van der Waals surface area contributed by atoms with E-state index in [1.165, 1.54) is 6.20 Å². The number of carboxylic acids is 1. The minimum Gasteiger partial charge on any atom is -0.478 e. The van der Waals surface area contributed by atoms with Crippen molar-refractivity contribution in [3.8, 4) is 11.4 Å². The summed E-state index contributed by atoms with van der Waals surface area (Å²) in [6, 6.07) is 11.4. The first-order chi connectivity index (χ1) is 9.70. The summed E-state index contributed by atoms with van der Waals surface area (Å²) < 4.78 is 1.98. The number of aromatic carboxylic acids is 1. The Morgan fingerprint density at radius 1 is 1.30 bits per heavy atom. The number of carboxylic acid groups (broad SMARTS) is 1. The number of imidazole rings is 1. The highest BCUT2D eigenvalue weighted by molar-refractivity contribution is 5.91. The lowest BCUT2D eigenvalue weighted by atomic mass is 10.2. The molecule has 0 atom stereocenters. The van der Waals surface area contributed by atoms with Gasteiger partial charge in [0.05, 0.1) is 5.56 Å². The van der Waals surface area contributed by atoms with Gasteiger partial charge >= 0.3 is 5.97 Å². The van der Waals surface area contributed by atoms with Crippen LogP contribution in [0, 0.1) is 0 Å². The lowest BCUT2D eigenvalue weighted by molar-refractivity contribution is 0.0696. The maximum atomic E-state index is 11.0. The van der Waals surface area contributed by atoms with Crippen LogP contribution in [0.15, 0.2) is 42.6 Å². The van der Waals surface area contributed by atoms with E-state index in [4.69, 9.17) is 5.11 Å². The van der Waals surface area contributed by atoms with Gasteiger partial charge in [-0.2, -0.15) is 0 Å². The molecule has 0 unspecified atom stereocenters. The maximum Gasteiger partial charge on any atom is 0.337 e. The molecule has 0 aliphatic heterocycles. The van der Waals surface area contributed by atoms with Crippen LogP contribution in [0.2, 0.25) is 0 Å². The van der Waals surface area contributed by atoms with Crippen LogP contribution in [-0.4, -0.2) is 25.6 Å². The summed E-state index contributed by atoms with van der Waals surface area (Å²) in [5.41, 5.74) is 2.45. The second kappa shape index (κ2) is 4.77. The standard InChI is InChI=1S/C15H13N3O2/c1-2-18-13(10-6-4-3-5-7-10)17-12-8-11(15(19)20)9-16-14(12)18/h3-9H,2H2,1H3,(H,19,20). The van der Waals surface area contributed by atoms with Crippen LogP contribution in [0.3, 0.4) is 0 Å². The van der Waals surface area contributed by atoms with E-state index in [1.54, 1.807) is 6.07 Å². The fraction of sp³-hybridized carbons (Fsp3) is 0.133. The third kappa shape index (κ3) is 1.93. The van der Waals surface area contributed by atoms with Crippen LogP contribution >= 0.6 is 0 Å². The number of carbonyl (C=O) groups is 1. The maximum absolute atomic E-state index is 11.0. The van der Waals surface area contributed by atoms with E-state index < -0.39 is 5.97 Å². The predicted molar refractivity (Wildman–Crippen MR) is 75.6 cm³/mol. The molecule has 3 aromatic rings. The van der Waals surface area contributed by atoms with Gasteiger partial charge in [-0.15, -0.1) is 0 Å². The first-order valence-electron chi connectivity index (χ1n) is 6.35. The fourth-order valence-corrected chi connectivity index (χ4v) is 2.24. The summed E-state index contributed by atoms with van der Waals surface area (Å²) in [5, 5.41) is 9.02. The van der Waals surface area contributed by atoms with E-state index in [-0.39, 0.29) is 5.56 Å².